The van der Waals surface area contributed by atoms with E-state index in [1.165, 1.54) is 18.2 Å². The largest absolute Gasteiger partial charge is 0.573 e. The van der Waals surface area contributed by atoms with Crippen molar-refractivity contribution in [3.63, 3.8) is 0 Å². The summed E-state index contributed by atoms with van der Waals surface area (Å²) in [6.07, 6.45) is -1.22. The maximum absolute atomic E-state index is 12.4. The Morgan fingerprint density at radius 2 is 2.08 bits per heavy atom. The highest BCUT2D eigenvalue weighted by atomic mass is 19.4. The summed E-state index contributed by atoms with van der Waals surface area (Å²) in [4.78, 5) is 13.8. The van der Waals surface area contributed by atoms with Crippen LogP contribution in [-0.4, -0.2) is 40.5 Å². The van der Waals surface area contributed by atoms with E-state index >= 15 is 0 Å². The molecule has 0 bridgehead atoms. The number of amides is 1. The van der Waals surface area contributed by atoms with Gasteiger partial charge >= 0.3 is 6.36 Å². The van der Waals surface area contributed by atoms with Gasteiger partial charge in [-0.2, -0.15) is 5.10 Å². The molecule has 25 heavy (non-hydrogen) atoms. The number of halogens is 3. The molecule has 0 spiro atoms. The summed E-state index contributed by atoms with van der Waals surface area (Å²) in [6, 6.07) is 5.71. The first kappa shape index (κ1) is 18.8. The summed E-state index contributed by atoms with van der Waals surface area (Å²) in [5, 5.41) is 6.65. The van der Waals surface area contributed by atoms with Crippen molar-refractivity contribution in [1.29, 1.82) is 0 Å². The molecule has 0 atom stereocenters. The van der Waals surface area contributed by atoms with Gasteiger partial charge in [0, 0.05) is 37.5 Å². The lowest BCUT2D eigenvalue weighted by Crippen LogP contribution is -2.34. The van der Waals surface area contributed by atoms with Gasteiger partial charge < -0.3 is 10.1 Å². The highest BCUT2D eigenvalue weighted by Gasteiger charge is 2.31. The molecule has 0 unspecified atom stereocenters. The van der Waals surface area contributed by atoms with Crippen LogP contribution in [0.3, 0.4) is 0 Å². The molecule has 2 aromatic rings. The standard InChI is InChI=1S/C16H19F3N4O2/c1-22(9-12-7-21-23(2)10-12)11-15(24)20-8-13-5-3-4-6-14(13)25-16(17,18)19/h3-7,10H,8-9,11H2,1-2H3,(H,20,24). The summed E-state index contributed by atoms with van der Waals surface area (Å²) in [7, 11) is 3.57. The minimum Gasteiger partial charge on any atom is -0.405 e. The summed E-state index contributed by atoms with van der Waals surface area (Å²) in [6.45, 7) is 0.595. The molecular formula is C16H19F3N4O2. The minimum absolute atomic E-state index is 0.0498. The SMILES string of the molecule is CN(CC(=O)NCc1ccccc1OC(F)(F)F)Cc1cnn(C)c1. The first-order chi connectivity index (χ1) is 11.7. The molecule has 9 heteroatoms. The van der Waals surface area contributed by atoms with Crippen LogP contribution in [0, 0.1) is 0 Å². The highest BCUT2D eigenvalue weighted by molar-refractivity contribution is 5.78. The third kappa shape index (κ3) is 6.46. The Bertz CT molecular complexity index is 715. The lowest BCUT2D eigenvalue weighted by atomic mass is 10.2. The van der Waals surface area contributed by atoms with E-state index in [2.05, 4.69) is 15.2 Å². The average Bonchev–Trinajstić information content (AvgIpc) is 2.89. The van der Waals surface area contributed by atoms with E-state index in [0.717, 1.165) is 5.56 Å². The van der Waals surface area contributed by atoms with Crippen LogP contribution in [0.25, 0.3) is 0 Å². The van der Waals surface area contributed by atoms with Gasteiger partial charge in [-0.3, -0.25) is 14.4 Å². The summed E-state index contributed by atoms with van der Waals surface area (Å²) in [5.41, 5.74) is 1.21. The smallest absolute Gasteiger partial charge is 0.405 e. The van der Waals surface area contributed by atoms with Gasteiger partial charge in [-0.05, 0) is 13.1 Å². The van der Waals surface area contributed by atoms with Crippen LogP contribution >= 0.6 is 0 Å². The Morgan fingerprint density at radius 3 is 2.72 bits per heavy atom. The third-order valence-electron chi connectivity index (χ3n) is 3.30. The number of rotatable bonds is 7. The fourth-order valence-electron chi connectivity index (χ4n) is 2.29. The van der Waals surface area contributed by atoms with Gasteiger partial charge in [-0.1, -0.05) is 18.2 Å². The number of carbonyl (C=O) groups is 1. The van der Waals surface area contributed by atoms with Crippen molar-refractivity contribution in [2.75, 3.05) is 13.6 Å². The van der Waals surface area contributed by atoms with Crippen LogP contribution in [0.15, 0.2) is 36.7 Å². The average molecular weight is 356 g/mol. The Morgan fingerprint density at radius 1 is 1.36 bits per heavy atom. The number of aryl methyl sites for hydroxylation is 1. The zero-order chi connectivity index (χ0) is 18.4. The maximum Gasteiger partial charge on any atom is 0.573 e. The Hall–Kier alpha value is -2.55. The number of carbonyl (C=O) groups excluding carboxylic acids is 1. The molecule has 0 saturated carbocycles. The fourth-order valence-corrected chi connectivity index (χ4v) is 2.29. The van der Waals surface area contributed by atoms with Gasteiger partial charge in [0.15, 0.2) is 0 Å². The maximum atomic E-state index is 12.4. The quantitative estimate of drug-likeness (QED) is 0.825. The topological polar surface area (TPSA) is 59.4 Å². The van der Waals surface area contributed by atoms with Crippen LogP contribution in [0.1, 0.15) is 11.1 Å². The molecule has 0 aliphatic carbocycles. The number of likely N-dealkylation sites (N-methyl/N-ethyl adjacent to an activating group) is 1. The zero-order valence-electron chi connectivity index (χ0n) is 13.9. The lowest BCUT2D eigenvalue weighted by molar-refractivity contribution is -0.274. The van der Waals surface area contributed by atoms with Gasteiger partial charge in [0.05, 0.1) is 12.7 Å². The number of nitrogens with zero attached hydrogens (tertiary/aromatic N) is 3. The van der Waals surface area contributed by atoms with Gasteiger partial charge in [0.2, 0.25) is 5.91 Å². The molecule has 0 aliphatic heterocycles. The molecule has 2 rings (SSSR count). The van der Waals surface area contributed by atoms with E-state index in [-0.39, 0.29) is 30.3 Å². The number of benzene rings is 1. The molecule has 6 nitrogen and oxygen atoms in total. The Balaban J connectivity index is 1.85. The van der Waals surface area contributed by atoms with Gasteiger partial charge in [0.25, 0.3) is 0 Å². The predicted octanol–water partition coefficient (Wildman–Crippen LogP) is 2.07. The normalized spacial score (nSPS) is 11.6. The second-order valence-corrected chi connectivity index (χ2v) is 5.63. The number of hydrogen-bond donors (Lipinski definition) is 1. The summed E-state index contributed by atoms with van der Waals surface area (Å²) >= 11 is 0. The Kier molecular flexibility index (Phi) is 6.02. The number of ether oxygens (including phenoxy) is 1. The third-order valence-corrected chi connectivity index (χ3v) is 3.30. The van der Waals surface area contributed by atoms with Crippen molar-refractivity contribution >= 4 is 5.91 Å². The van der Waals surface area contributed by atoms with Gasteiger partial charge in [0.1, 0.15) is 5.75 Å². The van der Waals surface area contributed by atoms with Crippen molar-refractivity contribution in [2.45, 2.75) is 19.5 Å². The predicted molar refractivity (Wildman–Crippen MR) is 84.5 cm³/mol. The van der Waals surface area contributed by atoms with Gasteiger partial charge in [-0.15, -0.1) is 13.2 Å². The lowest BCUT2D eigenvalue weighted by Gasteiger charge is -2.16. The molecule has 1 aromatic heterocycles. The molecule has 0 saturated heterocycles. The van der Waals surface area contributed by atoms with Crippen molar-refractivity contribution in [3.05, 3.63) is 47.8 Å². The molecule has 0 fully saturated rings. The van der Waals surface area contributed by atoms with Crippen LogP contribution in [0.2, 0.25) is 0 Å². The van der Waals surface area contributed by atoms with E-state index in [0.29, 0.717) is 6.54 Å². The summed E-state index contributed by atoms with van der Waals surface area (Å²) < 4.78 is 42.8. The van der Waals surface area contributed by atoms with E-state index in [1.807, 2.05) is 6.20 Å². The Labute approximate surface area is 143 Å². The second kappa shape index (κ2) is 8.02. The highest BCUT2D eigenvalue weighted by Crippen LogP contribution is 2.26. The molecule has 0 radical (unpaired) electrons. The molecular weight excluding hydrogens is 337 g/mol. The monoisotopic (exact) mass is 356 g/mol. The number of nitrogens with one attached hydrogen (secondary N) is 1. The zero-order valence-corrected chi connectivity index (χ0v) is 13.9. The number of aromatic nitrogens is 2. The first-order valence-electron chi connectivity index (χ1n) is 7.49. The van der Waals surface area contributed by atoms with Crippen molar-refractivity contribution in [3.8, 4) is 5.75 Å². The molecule has 0 aliphatic rings. The molecule has 1 heterocycles. The van der Waals surface area contributed by atoms with E-state index in [1.54, 1.807) is 35.9 Å². The first-order valence-corrected chi connectivity index (χ1v) is 7.49. The number of para-hydroxylation sites is 1. The molecule has 1 aromatic carbocycles. The van der Waals surface area contributed by atoms with Crippen LogP contribution in [0.5, 0.6) is 5.75 Å². The van der Waals surface area contributed by atoms with Crippen molar-refractivity contribution < 1.29 is 22.7 Å². The molecule has 1 N–H and O–H groups in total. The van der Waals surface area contributed by atoms with Crippen LogP contribution in [-0.2, 0) is 24.9 Å². The molecule has 136 valence electrons. The minimum atomic E-state index is -4.77. The van der Waals surface area contributed by atoms with Gasteiger partial charge in [-0.25, -0.2) is 0 Å². The fraction of sp³-hybridized carbons (Fsp3) is 0.375. The van der Waals surface area contributed by atoms with E-state index in [9.17, 15) is 18.0 Å². The van der Waals surface area contributed by atoms with E-state index < -0.39 is 6.36 Å². The van der Waals surface area contributed by atoms with Crippen molar-refractivity contribution in [2.24, 2.45) is 7.05 Å². The van der Waals surface area contributed by atoms with Crippen molar-refractivity contribution in [1.82, 2.24) is 20.0 Å². The van der Waals surface area contributed by atoms with Crippen LogP contribution in [0.4, 0.5) is 13.2 Å². The second-order valence-electron chi connectivity index (χ2n) is 5.63. The van der Waals surface area contributed by atoms with E-state index in [4.69, 9.17) is 0 Å². The molecule has 1 amide bonds. The number of alkyl halides is 3. The summed E-state index contributed by atoms with van der Waals surface area (Å²) in [5.74, 6) is -0.618. The van der Waals surface area contributed by atoms with Crippen LogP contribution < -0.4 is 10.1 Å². The number of hydrogen-bond acceptors (Lipinski definition) is 4.